The Balaban J connectivity index is 1.61. The van der Waals surface area contributed by atoms with Gasteiger partial charge in [0.2, 0.25) is 11.6 Å². The van der Waals surface area contributed by atoms with E-state index in [2.05, 4.69) is 14.7 Å². The Kier molecular flexibility index (Phi) is 4.93. The number of fused-ring (bicyclic) bond motifs is 3. The van der Waals surface area contributed by atoms with E-state index in [-0.39, 0.29) is 23.5 Å². The van der Waals surface area contributed by atoms with Gasteiger partial charge in [-0.25, -0.2) is 23.6 Å². The molecule has 3 unspecified atom stereocenters. The molecule has 2 N–H and O–H groups in total. The minimum atomic E-state index is -0.637. The number of nitrogens with two attached hydrogens (primary N) is 1. The third kappa shape index (κ3) is 3.33. The molecule has 0 radical (unpaired) electrons. The molecule has 1 aliphatic heterocycles. The van der Waals surface area contributed by atoms with Gasteiger partial charge in [-0.15, -0.1) is 0 Å². The highest BCUT2D eigenvalue weighted by atomic mass is 19.1. The van der Waals surface area contributed by atoms with Gasteiger partial charge in [-0.1, -0.05) is 18.2 Å². The van der Waals surface area contributed by atoms with E-state index in [9.17, 15) is 8.78 Å². The molecule has 0 amide bonds. The van der Waals surface area contributed by atoms with Crippen LogP contribution in [-0.2, 0) is 0 Å². The van der Waals surface area contributed by atoms with Crippen LogP contribution in [0.5, 0.6) is 5.75 Å². The van der Waals surface area contributed by atoms with E-state index >= 15 is 0 Å². The first-order valence-electron chi connectivity index (χ1n) is 11.4. The van der Waals surface area contributed by atoms with Crippen LogP contribution in [0.2, 0.25) is 0 Å². The van der Waals surface area contributed by atoms with Gasteiger partial charge < -0.3 is 15.4 Å². The van der Waals surface area contributed by atoms with Crippen molar-refractivity contribution in [1.29, 1.82) is 0 Å². The summed E-state index contributed by atoms with van der Waals surface area (Å²) in [6.07, 6.45) is 5.40. The van der Waals surface area contributed by atoms with Crippen LogP contribution in [0.15, 0.2) is 48.8 Å². The monoisotopic (exact) mass is 472 g/mol. The highest BCUT2D eigenvalue weighted by Gasteiger charge is 2.44. The molecule has 1 aliphatic carbocycles. The largest absolute Gasteiger partial charge is 0.494 e. The molecule has 1 saturated heterocycles. The molecule has 2 aromatic carbocycles. The summed E-state index contributed by atoms with van der Waals surface area (Å²) in [5.41, 5.74) is 8.83. The van der Waals surface area contributed by atoms with Crippen LogP contribution >= 0.6 is 0 Å². The number of aromatic nitrogens is 3. The molecule has 4 aromatic rings. The lowest BCUT2D eigenvalue weighted by molar-refractivity contribution is 0.386. The number of ether oxygens (including phenoxy) is 1. The summed E-state index contributed by atoms with van der Waals surface area (Å²) in [7, 11) is 1.41. The Morgan fingerprint density at radius 1 is 1.11 bits per heavy atom. The van der Waals surface area contributed by atoms with Crippen LogP contribution in [-0.4, -0.2) is 40.1 Å². The Morgan fingerprint density at radius 2 is 1.91 bits per heavy atom. The van der Waals surface area contributed by atoms with Gasteiger partial charge in [-0.3, -0.25) is 4.40 Å². The summed E-state index contributed by atoms with van der Waals surface area (Å²) in [5.74, 6) is 0.0530. The first-order chi connectivity index (χ1) is 17.0. The molecule has 3 heterocycles. The molecule has 7 nitrogen and oxygen atoms in total. The fraction of sp³-hybridized carbons (Fsp3) is 0.269. The Labute approximate surface area is 200 Å². The van der Waals surface area contributed by atoms with Crippen LogP contribution in [0, 0.1) is 24.1 Å². The summed E-state index contributed by atoms with van der Waals surface area (Å²) >= 11 is 0. The minimum absolute atomic E-state index is 0.0706. The third-order valence-electron chi connectivity index (χ3n) is 7.16. The van der Waals surface area contributed by atoms with Gasteiger partial charge in [0, 0.05) is 36.6 Å². The SMILES string of the molecule is [C-]#[N+]c1ccc(-c2nc(N3CC4CC3CC4N)n3ccnc3c2-c2ccc(OC)c(F)c2)cc1F. The van der Waals surface area contributed by atoms with Crippen molar-refractivity contribution in [1.82, 2.24) is 14.4 Å². The molecule has 9 heteroatoms. The normalized spacial score (nSPS) is 21.0. The maximum Gasteiger partial charge on any atom is 0.222 e. The Hall–Kier alpha value is -4.03. The lowest BCUT2D eigenvalue weighted by Crippen LogP contribution is -2.42. The molecule has 2 aromatic heterocycles. The van der Waals surface area contributed by atoms with Crippen LogP contribution < -0.4 is 15.4 Å². The van der Waals surface area contributed by atoms with Gasteiger partial charge in [-0.2, -0.15) is 0 Å². The van der Waals surface area contributed by atoms with Crippen molar-refractivity contribution >= 4 is 17.3 Å². The molecule has 0 spiro atoms. The van der Waals surface area contributed by atoms with Crippen LogP contribution in [0.4, 0.5) is 20.4 Å². The van der Waals surface area contributed by atoms with Crippen molar-refractivity contribution in [2.24, 2.45) is 11.7 Å². The van der Waals surface area contributed by atoms with Crippen molar-refractivity contribution in [3.63, 3.8) is 0 Å². The van der Waals surface area contributed by atoms with Crippen LogP contribution in [0.1, 0.15) is 12.8 Å². The topological polar surface area (TPSA) is 73.0 Å². The van der Waals surface area contributed by atoms with Gasteiger partial charge >= 0.3 is 0 Å². The standard InChI is InChI=1S/C26H22F2N6O/c1-30-21-5-3-15(11-18(21)27)24-23(14-4-6-22(35-2)19(28)10-14)25-31-7-8-33(25)26(32-24)34-13-16-9-17(34)12-20(16)29/h3-8,10-11,16-17,20H,9,12-13,29H2,2H3. The highest BCUT2D eigenvalue weighted by Crippen LogP contribution is 2.43. The summed E-state index contributed by atoms with van der Waals surface area (Å²) in [4.78, 5) is 15.1. The first-order valence-corrected chi connectivity index (χ1v) is 11.4. The van der Waals surface area contributed by atoms with E-state index in [4.69, 9.17) is 22.0 Å². The lowest BCUT2D eigenvalue weighted by atomic mass is 9.99. The molecule has 35 heavy (non-hydrogen) atoms. The number of anilines is 1. The lowest BCUT2D eigenvalue weighted by Gasteiger charge is -2.31. The van der Waals surface area contributed by atoms with Gasteiger partial charge in [0.25, 0.3) is 0 Å². The van der Waals surface area contributed by atoms with Crippen molar-refractivity contribution in [3.8, 4) is 28.1 Å². The molecule has 2 aliphatic rings. The second-order valence-corrected chi connectivity index (χ2v) is 9.09. The third-order valence-corrected chi connectivity index (χ3v) is 7.16. The summed E-state index contributed by atoms with van der Waals surface area (Å²) in [5, 5.41) is 0. The second-order valence-electron chi connectivity index (χ2n) is 9.09. The Bertz CT molecular complexity index is 1510. The molecule has 2 bridgehead atoms. The van der Waals surface area contributed by atoms with Gasteiger partial charge in [0.1, 0.15) is 11.5 Å². The van der Waals surface area contributed by atoms with E-state index in [0.717, 1.165) is 19.4 Å². The fourth-order valence-corrected chi connectivity index (χ4v) is 5.45. The number of nitrogens with zero attached hydrogens (tertiary/aromatic N) is 5. The summed E-state index contributed by atoms with van der Waals surface area (Å²) < 4.78 is 36.4. The van der Waals surface area contributed by atoms with Gasteiger partial charge in [0.05, 0.1) is 24.9 Å². The second kappa shape index (κ2) is 8.03. The van der Waals surface area contributed by atoms with Crippen LogP contribution in [0.3, 0.4) is 0 Å². The van der Waals surface area contributed by atoms with Gasteiger partial charge in [0.15, 0.2) is 11.6 Å². The van der Waals surface area contributed by atoms with E-state index in [1.807, 2.05) is 10.6 Å². The highest BCUT2D eigenvalue weighted by molar-refractivity contribution is 5.91. The molecular weight excluding hydrogens is 450 g/mol. The molecule has 1 saturated carbocycles. The zero-order valence-electron chi connectivity index (χ0n) is 18.9. The molecular formula is C26H22F2N6O. The van der Waals surface area contributed by atoms with E-state index in [1.165, 1.54) is 25.3 Å². The molecule has 176 valence electrons. The number of piperidine rings is 1. The summed E-state index contributed by atoms with van der Waals surface area (Å²) in [6.45, 7) is 7.97. The number of methoxy groups -OCH3 is 1. The molecule has 3 atom stereocenters. The van der Waals surface area contributed by atoms with E-state index in [0.29, 0.717) is 39.9 Å². The summed E-state index contributed by atoms with van der Waals surface area (Å²) in [6, 6.07) is 9.50. The fourth-order valence-electron chi connectivity index (χ4n) is 5.45. The number of halogens is 2. The maximum absolute atomic E-state index is 14.7. The number of benzene rings is 2. The van der Waals surface area contributed by atoms with E-state index < -0.39 is 11.6 Å². The number of hydrogen-bond donors (Lipinski definition) is 1. The quantitative estimate of drug-likeness (QED) is 0.431. The van der Waals surface area contributed by atoms with Crippen molar-refractivity contribution < 1.29 is 13.5 Å². The predicted octanol–water partition coefficient (Wildman–Crippen LogP) is 4.83. The minimum Gasteiger partial charge on any atom is -0.494 e. The number of hydrogen-bond acceptors (Lipinski definition) is 5. The number of imidazole rings is 1. The smallest absolute Gasteiger partial charge is 0.222 e. The Morgan fingerprint density at radius 3 is 2.57 bits per heavy atom. The maximum atomic E-state index is 14.7. The average molecular weight is 472 g/mol. The average Bonchev–Trinajstić information content (AvgIpc) is 3.59. The molecule has 2 fully saturated rings. The van der Waals surface area contributed by atoms with Crippen molar-refractivity contribution in [2.75, 3.05) is 18.6 Å². The first kappa shape index (κ1) is 21.5. The van der Waals surface area contributed by atoms with Crippen LogP contribution in [0.25, 0.3) is 32.9 Å². The van der Waals surface area contributed by atoms with Crippen molar-refractivity contribution in [2.45, 2.75) is 24.9 Å². The zero-order valence-corrected chi connectivity index (χ0v) is 18.9. The predicted molar refractivity (Wildman–Crippen MR) is 128 cm³/mol. The zero-order chi connectivity index (χ0) is 24.3. The molecule has 6 rings (SSSR count). The number of rotatable bonds is 4. The van der Waals surface area contributed by atoms with Gasteiger partial charge in [-0.05, 0) is 42.5 Å². The van der Waals surface area contributed by atoms with Crippen molar-refractivity contribution in [3.05, 3.63) is 71.8 Å². The van der Waals surface area contributed by atoms with E-state index in [1.54, 1.807) is 24.4 Å².